The third kappa shape index (κ3) is 2.35. The molecule has 2 aliphatic carbocycles. The summed E-state index contributed by atoms with van der Waals surface area (Å²) in [6.45, 7) is 8.74. The van der Waals surface area contributed by atoms with E-state index in [0.717, 1.165) is 43.2 Å². The van der Waals surface area contributed by atoms with E-state index in [1.54, 1.807) is 0 Å². The Bertz CT molecular complexity index is 659. The summed E-state index contributed by atoms with van der Waals surface area (Å²) >= 11 is 0. The van der Waals surface area contributed by atoms with Crippen molar-refractivity contribution in [3.63, 3.8) is 0 Å². The molecule has 1 aromatic rings. The molecule has 24 heavy (non-hydrogen) atoms. The van der Waals surface area contributed by atoms with E-state index in [1.807, 2.05) is 6.07 Å². The summed E-state index contributed by atoms with van der Waals surface area (Å²) in [5.74, 6) is 0.724. The summed E-state index contributed by atoms with van der Waals surface area (Å²) in [6.07, 6.45) is 4.97. The fourth-order valence-electron chi connectivity index (χ4n) is 5.37. The number of ether oxygens (including phenoxy) is 1. The summed E-state index contributed by atoms with van der Waals surface area (Å²) in [4.78, 5) is 13.0. The lowest BCUT2D eigenvalue weighted by Crippen LogP contribution is -2.54. The van der Waals surface area contributed by atoms with Crippen LogP contribution in [0.1, 0.15) is 76.0 Å². The van der Waals surface area contributed by atoms with Crippen LogP contribution in [0.25, 0.3) is 0 Å². The normalized spacial score (nSPS) is 28.2. The van der Waals surface area contributed by atoms with Crippen molar-refractivity contribution in [1.82, 2.24) is 0 Å². The summed E-state index contributed by atoms with van der Waals surface area (Å²) in [5, 5.41) is 10.6. The van der Waals surface area contributed by atoms with Gasteiger partial charge in [0, 0.05) is 0 Å². The smallest absolute Gasteiger partial charge is 0.316 e. The molecule has 1 fully saturated rings. The quantitative estimate of drug-likeness (QED) is 0.800. The van der Waals surface area contributed by atoms with Crippen LogP contribution in [-0.4, -0.2) is 18.2 Å². The minimum atomic E-state index is -0.600. The Morgan fingerprint density at radius 3 is 2.62 bits per heavy atom. The predicted octanol–water partition coefficient (Wildman–Crippen LogP) is 4.70. The van der Waals surface area contributed by atoms with Crippen LogP contribution in [0.15, 0.2) is 12.1 Å². The van der Waals surface area contributed by atoms with Crippen molar-refractivity contribution in [2.75, 3.05) is 7.11 Å². The summed E-state index contributed by atoms with van der Waals surface area (Å²) in [7, 11) is 1.49. The highest BCUT2D eigenvalue weighted by atomic mass is 16.5. The number of phenolic OH excluding ortho intramolecular Hbond substituents is 1. The maximum atomic E-state index is 13.0. The number of esters is 1. The zero-order valence-corrected chi connectivity index (χ0v) is 15.6. The zero-order valence-electron chi connectivity index (χ0n) is 15.6. The van der Waals surface area contributed by atoms with Crippen molar-refractivity contribution in [3.05, 3.63) is 28.8 Å². The van der Waals surface area contributed by atoms with Crippen LogP contribution in [-0.2, 0) is 21.4 Å². The first-order valence-corrected chi connectivity index (χ1v) is 9.18. The van der Waals surface area contributed by atoms with Gasteiger partial charge in [-0.2, -0.15) is 0 Å². The fraction of sp³-hybridized carbons (Fsp3) is 0.667. The van der Waals surface area contributed by atoms with Gasteiger partial charge in [-0.05, 0) is 65.7 Å². The van der Waals surface area contributed by atoms with Gasteiger partial charge < -0.3 is 9.84 Å². The zero-order chi connectivity index (χ0) is 17.7. The third-order valence-electron chi connectivity index (χ3n) is 6.54. The summed E-state index contributed by atoms with van der Waals surface area (Å²) in [6, 6.07) is 3.99. The highest BCUT2D eigenvalue weighted by Crippen LogP contribution is 2.58. The Balaban J connectivity index is 2.23. The molecule has 0 bridgehead atoms. The molecule has 0 unspecified atom stereocenters. The second-order valence-corrected chi connectivity index (χ2v) is 8.62. The number of fused-ring (bicyclic) bond motifs is 3. The Hall–Kier alpha value is -1.51. The lowest BCUT2D eigenvalue weighted by molar-refractivity contribution is -0.156. The first-order chi connectivity index (χ1) is 11.2. The molecular weight excluding hydrogens is 300 g/mol. The van der Waals surface area contributed by atoms with Crippen LogP contribution >= 0.6 is 0 Å². The van der Waals surface area contributed by atoms with Crippen molar-refractivity contribution in [2.45, 2.75) is 71.1 Å². The van der Waals surface area contributed by atoms with E-state index in [9.17, 15) is 9.90 Å². The van der Waals surface area contributed by atoms with Gasteiger partial charge in [0.15, 0.2) is 0 Å². The highest BCUT2D eigenvalue weighted by Gasteiger charge is 2.57. The number of rotatable bonds is 2. The van der Waals surface area contributed by atoms with Gasteiger partial charge >= 0.3 is 5.97 Å². The maximum Gasteiger partial charge on any atom is 0.316 e. The second-order valence-electron chi connectivity index (χ2n) is 8.62. The van der Waals surface area contributed by atoms with Crippen LogP contribution in [0.4, 0.5) is 0 Å². The van der Waals surface area contributed by atoms with E-state index in [-0.39, 0.29) is 23.2 Å². The molecule has 0 saturated heterocycles. The van der Waals surface area contributed by atoms with Gasteiger partial charge in [-0.1, -0.05) is 40.2 Å². The number of benzene rings is 1. The van der Waals surface area contributed by atoms with Crippen molar-refractivity contribution >= 4 is 5.97 Å². The number of carbonyl (C=O) groups is 1. The molecule has 1 saturated carbocycles. The average molecular weight is 330 g/mol. The number of hydrogen-bond acceptors (Lipinski definition) is 3. The molecule has 0 aromatic heterocycles. The van der Waals surface area contributed by atoms with Crippen LogP contribution in [0.3, 0.4) is 0 Å². The Labute approximate surface area is 145 Å². The first-order valence-electron chi connectivity index (χ1n) is 9.18. The van der Waals surface area contributed by atoms with Crippen LogP contribution in [0, 0.1) is 11.3 Å². The second kappa shape index (κ2) is 5.79. The topological polar surface area (TPSA) is 46.5 Å². The highest BCUT2D eigenvalue weighted by molar-refractivity contribution is 5.85. The SMILES string of the molecule is COC(=O)[C@]12CCCC(C)(C)[C@@H]1CCc1cc(C(C)C)c(O)cc12. The molecule has 1 aromatic carbocycles. The molecule has 0 aliphatic heterocycles. The average Bonchev–Trinajstić information content (AvgIpc) is 2.52. The molecule has 0 amide bonds. The lowest BCUT2D eigenvalue weighted by atomic mass is 9.49. The maximum absolute atomic E-state index is 13.0. The van der Waals surface area contributed by atoms with Gasteiger partial charge in [-0.25, -0.2) is 0 Å². The van der Waals surface area contributed by atoms with Crippen LogP contribution in [0.2, 0.25) is 0 Å². The molecule has 3 heteroatoms. The predicted molar refractivity (Wildman–Crippen MR) is 95.3 cm³/mol. The van der Waals surface area contributed by atoms with Gasteiger partial charge in [0.1, 0.15) is 5.75 Å². The molecule has 2 aliphatic rings. The van der Waals surface area contributed by atoms with Gasteiger partial charge in [-0.15, -0.1) is 0 Å². The van der Waals surface area contributed by atoms with Gasteiger partial charge in [-0.3, -0.25) is 4.79 Å². The number of aromatic hydroxyl groups is 1. The molecule has 0 radical (unpaired) electrons. The molecule has 3 rings (SSSR count). The Kier molecular flexibility index (Phi) is 4.17. The Morgan fingerprint density at radius 1 is 1.29 bits per heavy atom. The van der Waals surface area contributed by atoms with E-state index in [1.165, 1.54) is 12.7 Å². The van der Waals surface area contributed by atoms with Crippen LogP contribution < -0.4 is 0 Å². The molecule has 3 nitrogen and oxygen atoms in total. The molecule has 132 valence electrons. The minimum Gasteiger partial charge on any atom is -0.508 e. The van der Waals surface area contributed by atoms with Crippen molar-refractivity contribution < 1.29 is 14.6 Å². The first kappa shape index (κ1) is 17.3. The fourth-order valence-corrected chi connectivity index (χ4v) is 5.37. The van der Waals surface area contributed by atoms with Gasteiger partial charge in [0.2, 0.25) is 0 Å². The molecular formula is C21H30O3. The largest absolute Gasteiger partial charge is 0.508 e. The van der Waals surface area contributed by atoms with E-state index >= 15 is 0 Å². The monoisotopic (exact) mass is 330 g/mol. The van der Waals surface area contributed by atoms with E-state index < -0.39 is 5.41 Å². The van der Waals surface area contributed by atoms with Crippen LogP contribution in [0.5, 0.6) is 5.75 Å². The molecule has 2 atom stereocenters. The van der Waals surface area contributed by atoms with Crippen molar-refractivity contribution in [1.29, 1.82) is 0 Å². The van der Waals surface area contributed by atoms with Gasteiger partial charge in [0.05, 0.1) is 12.5 Å². The molecule has 1 N–H and O–H groups in total. The number of carbonyl (C=O) groups excluding carboxylic acids is 1. The Morgan fingerprint density at radius 2 is 2.00 bits per heavy atom. The minimum absolute atomic E-state index is 0.108. The summed E-state index contributed by atoms with van der Waals surface area (Å²) in [5.41, 5.74) is 2.71. The number of hydrogen-bond donors (Lipinski definition) is 1. The van der Waals surface area contributed by atoms with Crippen molar-refractivity contribution in [2.24, 2.45) is 11.3 Å². The standard InChI is InChI=1S/C21H30O3/c1-13(2)15-11-14-7-8-18-20(3,4)9-6-10-21(18,19(23)24-5)16(14)12-17(15)22/h11-13,18,22H,6-10H2,1-5H3/t18-,21-/m0/s1. The lowest BCUT2D eigenvalue weighted by Gasteiger charge is -2.54. The van der Waals surface area contributed by atoms with E-state index in [2.05, 4.69) is 33.8 Å². The molecule has 0 spiro atoms. The number of phenols is 1. The molecule has 0 heterocycles. The van der Waals surface area contributed by atoms with Crippen molar-refractivity contribution in [3.8, 4) is 5.75 Å². The van der Waals surface area contributed by atoms with E-state index in [4.69, 9.17) is 4.74 Å². The van der Waals surface area contributed by atoms with E-state index in [0.29, 0.717) is 5.75 Å². The summed E-state index contributed by atoms with van der Waals surface area (Å²) < 4.78 is 5.30. The number of methoxy groups -OCH3 is 1. The van der Waals surface area contributed by atoms with Gasteiger partial charge in [0.25, 0.3) is 0 Å². The third-order valence-corrected chi connectivity index (χ3v) is 6.54. The number of aryl methyl sites for hydroxylation is 1.